The number of hydrogen-bond donors (Lipinski definition) is 3. The van der Waals surface area contributed by atoms with Crippen LogP contribution < -0.4 is 10.0 Å². The highest BCUT2D eigenvalue weighted by molar-refractivity contribution is 7.92. The van der Waals surface area contributed by atoms with Crippen molar-refractivity contribution in [3.8, 4) is 0 Å². The zero-order chi connectivity index (χ0) is 23.3. The molecule has 12 heteroatoms. The van der Waals surface area contributed by atoms with Gasteiger partial charge in [-0.05, 0) is 42.8 Å². The van der Waals surface area contributed by atoms with Gasteiger partial charge in [0.15, 0.2) is 12.0 Å². The summed E-state index contributed by atoms with van der Waals surface area (Å²) in [5.74, 6) is -2.31. The Hall–Kier alpha value is -3.57. The molecule has 168 valence electrons. The van der Waals surface area contributed by atoms with Crippen LogP contribution >= 0.6 is 11.6 Å². The molecule has 1 unspecified atom stereocenters. The van der Waals surface area contributed by atoms with E-state index in [4.69, 9.17) is 21.4 Å². The average Bonchev–Trinajstić information content (AvgIpc) is 3.11. The van der Waals surface area contributed by atoms with Crippen LogP contribution in [0.2, 0.25) is 5.22 Å². The summed E-state index contributed by atoms with van der Waals surface area (Å²) in [4.78, 5) is 22.6. The van der Waals surface area contributed by atoms with Crippen LogP contribution in [0, 0.1) is 6.92 Å². The van der Waals surface area contributed by atoms with Crippen molar-refractivity contribution in [3.63, 3.8) is 0 Å². The first kappa shape index (κ1) is 23.1. The van der Waals surface area contributed by atoms with Crippen molar-refractivity contribution < 1.29 is 32.4 Å². The van der Waals surface area contributed by atoms with Gasteiger partial charge in [-0.1, -0.05) is 35.0 Å². The number of esters is 1. The molecule has 0 aliphatic rings. The number of ether oxygens (including phenoxy) is 1. The molecule has 3 N–H and O–H groups in total. The highest BCUT2D eigenvalue weighted by Crippen LogP contribution is 2.24. The predicted molar refractivity (Wildman–Crippen MR) is 115 cm³/mol. The maximum atomic E-state index is 12.5. The van der Waals surface area contributed by atoms with Crippen LogP contribution in [0.5, 0.6) is 0 Å². The summed E-state index contributed by atoms with van der Waals surface area (Å²) >= 11 is 5.59. The van der Waals surface area contributed by atoms with Gasteiger partial charge in [0.05, 0.1) is 4.90 Å². The Balaban J connectivity index is 1.77. The molecule has 0 radical (unpaired) electrons. The molecule has 0 bridgehead atoms. The summed E-state index contributed by atoms with van der Waals surface area (Å²) in [5.41, 5.74) is 2.00. The van der Waals surface area contributed by atoms with Crippen LogP contribution in [0.25, 0.3) is 0 Å². The number of aryl methyl sites for hydroxylation is 1. The molecule has 2 aromatic carbocycles. The first-order valence-corrected chi connectivity index (χ1v) is 11.0. The Morgan fingerprint density at radius 3 is 2.38 bits per heavy atom. The molecular weight excluding hydrogens is 462 g/mol. The van der Waals surface area contributed by atoms with E-state index in [0.29, 0.717) is 11.3 Å². The summed E-state index contributed by atoms with van der Waals surface area (Å²) in [6, 6.07) is 13.9. The molecule has 1 atom stereocenters. The third-order valence-electron chi connectivity index (χ3n) is 4.11. The van der Waals surface area contributed by atoms with E-state index in [9.17, 15) is 18.0 Å². The molecule has 10 nitrogen and oxygen atoms in total. The Labute approximate surface area is 188 Å². The zero-order valence-corrected chi connectivity index (χ0v) is 18.2. The van der Waals surface area contributed by atoms with E-state index in [1.165, 1.54) is 30.3 Å². The van der Waals surface area contributed by atoms with Crippen molar-refractivity contribution in [2.75, 3.05) is 10.0 Å². The summed E-state index contributed by atoms with van der Waals surface area (Å²) in [6.45, 7) is 1.89. The smallest absolute Gasteiger partial charge is 0.319 e. The average molecular weight is 480 g/mol. The minimum Gasteiger partial charge on any atom is -0.481 e. The van der Waals surface area contributed by atoms with Gasteiger partial charge in [0.1, 0.15) is 6.42 Å². The number of carbonyl (C=O) groups is 2. The Kier molecular flexibility index (Phi) is 7.01. The van der Waals surface area contributed by atoms with E-state index in [1.54, 1.807) is 12.1 Å². The van der Waals surface area contributed by atoms with E-state index >= 15 is 0 Å². The van der Waals surface area contributed by atoms with Crippen LogP contribution in [0.1, 0.15) is 23.8 Å². The third kappa shape index (κ3) is 6.22. The summed E-state index contributed by atoms with van der Waals surface area (Å²) in [5, 5.41) is 15.2. The van der Waals surface area contributed by atoms with Gasteiger partial charge in [-0.15, -0.1) is 0 Å². The maximum Gasteiger partial charge on any atom is 0.319 e. The van der Waals surface area contributed by atoms with Crippen molar-refractivity contribution in [1.82, 2.24) is 5.16 Å². The van der Waals surface area contributed by atoms with Gasteiger partial charge in [0.2, 0.25) is 5.22 Å². The number of aliphatic carboxylic acids is 1. The van der Waals surface area contributed by atoms with Gasteiger partial charge in [0, 0.05) is 17.3 Å². The second kappa shape index (κ2) is 9.71. The van der Waals surface area contributed by atoms with Crippen molar-refractivity contribution in [1.29, 1.82) is 0 Å². The molecular formula is C20H18ClN3O7S. The van der Waals surface area contributed by atoms with E-state index in [0.717, 1.165) is 5.56 Å². The number of nitrogens with zero attached hydrogens (tertiary/aromatic N) is 1. The number of rotatable bonds is 9. The van der Waals surface area contributed by atoms with Crippen LogP contribution in [-0.4, -0.2) is 30.6 Å². The first-order valence-electron chi connectivity index (χ1n) is 9.12. The molecule has 3 rings (SSSR count). The fourth-order valence-electron chi connectivity index (χ4n) is 2.60. The number of sulfonamides is 1. The Bertz CT molecular complexity index is 1210. The molecule has 0 spiro atoms. The molecule has 32 heavy (non-hydrogen) atoms. The number of carbonyl (C=O) groups excluding carboxylic acids is 1. The minimum atomic E-state index is -3.94. The van der Waals surface area contributed by atoms with Crippen molar-refractivity contribution in [3.05, 3.63) is 70.9 Å². The minimum absolute atomic E-state index is 0.0584. The van der Waals surface area contributed by atoms with E-state index in [2.05, 4.69) is 19.7 Å². The molecule has 1 aromatic heterocycles. The van der Waals surface area contributed by atoms with E-state index < -0.39 is 34.6 Å². The van der Waals surface area contributed by atoms with Crippen molar-refractivity contribution in [2.24, 2.45) is 0 Å². The Morgan fingerprint density at radius 2 is 1.81 bits per heavy atom. The number of anilines is 2. The predicted octanol–water partition coefficient (Wildman–Crippen LogP) is 3.57. The van der Waals surface area contributed by atoms with Crippen LogP contribution in [-0.2, 0) is 24.3 Å². The van der Waals surface area contributed by atoms with Crippen LogP contribution in [0.15, 0.2) is 64.0 Å². The Morgan fingerprint density at radius 1 is 1.16 bits per heavy atom. The summed E-state index contributed by atoms with van der Waals surface area (Å²) < 4.78 is 37.0. The van der Waals surface area contributed by atoms with E-state index in [1.807, 2.05) is 19.1 Å². The zero-order valence-electron chi connectivity index (χ0n) is 16.6. The van der Waals surface area contributed by atoms with E-state index in [-0.39, 0.29) is 15.9 Å². The highest BCUT2D eigenvalue weighted by atomic mass is 35.5. The molecule has 0 aliphatic carbocycles. The van der Waals surface area contributed by atoms with Crippen molar-refractivity contribution >= 4 is 45.1 Å². The molecule has 0 fully saturated rings. The quantitative estimate of drug-likeness (QED) is 0.238. The standard InChI is InChI=1S/C20H18ClN3O7S/c1-12-2-4-13(5-3-12)20(30-19(27)11-18(25)26)22-14-6-8-15(9-7-14)32(28,29)24-17-10-16(21)31-23-17/h2-10,20,22H,11H2,1H3,(H,23,24)(H,25,26). The SMILES string of the molecule is Cc1ccc(C(Nc2ccc(S(=O)(=O)Nc3cc(Cl)on3)cc2)OC(=O)CC(=O)O)cc1. The second-order valence-electron chi connectivity index (χ2n) is 6.64. The summed E-state index contributed by atoms with van der Waals surface area (Å²) in [6.07, 6.45) is -1.78. The normalized spacial score (nSPS) is 12.1. The van der Waals surface area contributed by atoms with Gasteiger partial charge in [0.25, 0.3) is 10.0 Å². The molecule has 0 aliphatic heterocycles. The number of benzene rings is 2. The molecule has 3 aromatic rings. The number of nitrogens with one attached hydrogen (secondary N) is 2. The van der Waals surface area contributed by atoms with Crippen LogP contribution in [0.3, 0.4) is 0 Å². The lowest BCUT2D eigenvalue weighted by atomic mass is 10.1. The number of halogens is 1. The monoisotopic (exact) mass is 479 g/mol. The molecule has 1 heterocycles. The van der Waals surface area contributed by atoms with Crippen LogP contribution in [0.4, 0.5) is 11.5 Å². The van der Waals surface area contributed by atoms with Gasteiger partial charge in [-0.2, -0.15) is 0 Å². The maximum absolute atomic E-state index is 12.5. The van der Waals surface area contributed by atoms with Gasteiger partial charge >= 0.3 is 11.9 Å². The third-order valence-corrected chi connectivity index (χ3v) is 5.66. The lowest BCUT2D eigenvalue weighted by Crippen LogP contribution is -2.20. The van der Waals surface area contributed by atoms with Gasteiger partial charge in [-0.3, -0.25) is 14.3 Å². The molecule has 0 saturated heterocycles. The largest absolute Gasteiger partial charge is 0.481 e. The van der Waals surface area contributed by atoms with Crippen molar-refractivity contribution in [2.45, 2.75) is 24.5 Å². The molecule has 0 saturated carbocycles. The number of carboxylic acid groups (broad SMARTS) is 1. The number of hydrogen-bond acceptors (Lipinski definition) is 8. The summed E-state index contributed by atoms with van der Waals surface area (Å²) in [7, 11) is -3.94. The topological polar surface area (TPSA) is 148 Å². The number of aromatic nitrogens is 1. The fourth-order valence-corrected chi connectivity index (χ4v) is 3.72. The first-order chi connectivity index (χ1) is 15.1. The fraction of sp³-hybridized carbons (Fsp3) is 0.150. The van der Waals surface area contributed by atoms with Gasteiger partial charge in [-0.25, -0.2) is 8.42 Å². The lowest BCUT2D eigenvalue weighted by Gasteiger charge is -2.21. The highest BCUT2D eigenvalue weighted by Gasteiger charge is 2.20. The number of carboxylic acids is 1. The van der Waals surface area contributed by atoms with Gasteiger partial charge < -0.3 is 19.7 Å². The second-order valence-corrected chi connectivity index (χ2v) is 8.70. The lowest BCUT2D eigenvalue weighted by molar-refractivity contribution is -0.154. The molecule has 0 amide bonds.